The molecule has 0 fully saturated rings. The van der Waals surface area contributed by atoms with Gasteiger partial charge in [0.15, 0.2) is 0 Å². The van der Waals surface area contributed by atoms with Crippen molar-refractivity contribution in [1.29, 1.82) is 0 Å². The van der Waals surface area contributed by atoms with Gasteiger partial charge < -0.3 is 0 Å². The number of halogens is 1. The van der Waals surface area contributed by atoms with Gasteiger partial charge in [0.2, 0.25) is 0 Å². The maximum atomic E-state index is 13.1. The van der Waals surface area contributed by atoms with Gasteiger partial charge in [0.1, 0.15) is 5.82 Å². The second kappa shape index (κ2) is 3.98. The predicted octanol–water partition coefficient (Wildman–Crippen LogP) is 4.04. The lowest BCUT2D eigenvalue weighted by molar-refractivity contribution is 0.628. The third-order valence-corrected chi connectivity index (χ3v) is 2.75. The van der Waals surface area contributed by atoms with E-state index < -0.39 is 0 Å². The van der Waals surface area contributed by atoms with Crippen molar-refractivity contribution in [2.24, 2.45) is 0 Å². The molecule has 0 amide bonds. The zero-order chi connectivity index (χ0) is 11.7. The third kappa shape index (κ3) is 1.89. The van der Waals surface area contributed by atoms with Crippen LogP contribution in [-0.2, 0) is 0 Å². The summed E-state index contributed by atoms with van der Waals surface area (Å²) < 4.78 is 13.1. The number of rotatable bonds is 1. The number of fused-ring (bicyclic) bond motifs is 1. The summed E-state index contributed by atoms with van der Waals surface area (Å²) in [5, 5.41) is 1.06. The van der Waals surface area contributed by atoms with Gasteiger partial charge in [0, 0.05) is 17.1 Å². The first-order chi connectivity index (χ1) is 8.33. The van der Waals surface area contributed by atoms with Crippen molar-refractivity contribution in [2.45, 2.75) is 0 Å². The summed E-state index contributed by atoms with van der Waals surface area (Å²) in [6, 6.07) is 16.5. The molecular formula is C15H10FN. The molecule has 0 unspecified atom stereocenters. The molecule has 2 heteroatoms. The van der Waals surface area contributed by atoms with Crippen LogP contribution >= 0.6 is 0 Å². The van der Waals surface area contributed by atoms with E-state index in [9.17, 15) is 4.39 Å². The number of hydrogen-bond donors (Lipinski definition) is 0. The van der Waals surface area contributed by atoms with E-state index in [2.05, 4.69) is 4.98 Å². The fraction of sp³-hybridized carbons (Fsp3) is 0. The summed E-state index contributed by atoms with van der Waals surface area (Å²) in [5.41, 5.74) is 2.74. The van der Waals surface area contributed by atoms with E-state index in [4.69, 9.17) is 0 Å². The van der Waals surface area contributed by atoms with Crippen LogP contribution in [0.15, 0.2) is 60.8 Å². The number of benzene rings is 2. The third-order valence-electron chi connectivity index (χ3n) is 2.75. The minimum atomic E-state index is -0.226. The highest BCUT2D eigenvalue weighted by Crippen LogP contribution is 2.22. The quantitative estimate of drug-likeness (QED) is 0.606. The van der Waals surface area contributed by atoms with Crippen LogP contribution in [0.25, 0.3) is 22.0 Å². The highest BCUT2D eigenvalue weighted by Gasteiger charge is 2.01. The second-order valence-corrected chi connectivity index (χ2v) is 3.93. The van der Waals surface area contributed by atoms with Crippen molar-refractivity contribution < 1.29 is 4.39 Å². The molecule has 82 valence electrons. The Kier molecular flexibility index (Phi) is 2.33. The molecule has 0 saturated carbocycles. The summed E-state index contributed by atoms with van der Waals surface area (Å²) in [6.45, 7) is 0. The molecule has 1 heterocycles. The molecule has 1 nitrogen and oxygen atoms in total. The van der Waals surface area contributed by atoms with Crippen LogP contribution in [0.2, 0.25) is 0 Å². The van der Waals surface area contributed by atoms with Crippen LogP contribution in [0.5, 0.6) is 0 Å². The Bertz CT molecular complexity index is 676. The molecule has 2 aromatic carbocycles. The smallest absolute Gasteiger partial charge is 0.123 e. The van der Waals surface area contributed by atoms with Crippen molar-refractivity contribution in [3.05, 3.63) is 66.6 Å². The number of para-hydroxylation sites is 1. The first-order valence-electron chi connectivity index (χ1n) is 5.44. The van der Waals surface area contributed by atoms with Gasteiger partial charge >= 0.3 is 0 Å². The highest BCUT2D eigenvalue weighted by atomic mass is 19.1. The lowest BCUT2D eigenvalue weighted by Gasteiger charge is -2.03. The first kappa shape index (κ1) is 9.97. The van der Waals surface area contributed by atoms with E-state index in [1.165, 1.54) is 12.1 Å². The summed E-state index contributed by atoms with van der Waals surface area (Å²) in [7, 11) is 0. The molecule has 0 radical (unpaired) electrons. The summed E-state index contributed by atoms with van der Waals surface area (Å²) in [4.78, 5) is 4.36. The number of nitrogens with zero attached hydrogens (tertiary/aromatic N) is 1. The molecule has 0 N–H and O–H groups in total. The Morgan fingerprint density at radius 2 is 1.71 bits per heavy atom. The van der Waals surface area contributed by atoms with E-state index in [0.717, 1.165) is 22.0 Å². The Morgan fingerprint density at radius 3 is 2.59 bits per heavy atom. The molecule has 0 atom stereocenters. The molecule has 3 rings (SSSR count). The Hall–Kier alpha value is -2.22. The fourth-order valence-electron chi connectivity index (χ4n) is 1.90. The average Bonchev–Trinajstić information content (AvgIpc) is 2.38. The topological polar surface area (TPSA) is 12.9 Å². The molecule has 0 aliphatic heterocycles. The predicted molar refractivity (Wildman–Crippen MR) is 67.1 cm³/mol. The summed E-state index contributed by atoms with van der Waals surface area (Å²) in [6.07, 6.45) is 1.77. The normalized spacial score (nSPS) is 10.6. The SMILES string of the molecule is Fc1cccc(-c2cnc3ccccc3c2)c1. The van der Waals surface area contributed by atoms with Gasteiger partial charge in [-0.05, 0) is 29.8 Å². The molecule has 3 aromatic rings. The molecule has 17 heavy (non-hydrogen) atoms. The van der Waals surface area contributed by atoms with Gasteiger partial charge in [0.05, 0.1) is 5.52 Å². The fourth-order valence-corrected chi connectivity index (χ4v) is 1.90. The van der Waals surface area contributed by atoms with Crippen LogP contribution in [0.4, 0.5) is 4.39 Å². The minimum Gasteiger partial charge on any atom is -0.256 e. The molecule has 0 aliphatic carbocycles. The van der Waals surface area contributed by atoms with E-state index in [1.54, 1.807) is 12.3 Å². The maximum absolute atomic E-state index is 13.1. The summed E-state index contributed by atoms with van der Waals surface area (Å²) in [5.74, 6) is -0.226. The maximum Gasteiger partial charge on any atom is 0.123 e. The van der Waals surface area contributed by atoms with Gasteiger partial charge in [-0.3, -0.25) is 4.98 Å². The zero-order valence-electron chi connectivity index (χ0n) is 9.10. The Balaban J connectivity index is 2.18. The van der Waals surface area contributed by atoms with Gasteiger partial charge in [-0.25, -0.2) is 4.39 Å². The molecule has 0 aliphatic rings. The van der Waals surface area contributed by atoms with E-state index >= 15 is 0 Å². The molecule has 0 spiro atoms. The standard InChI is InChI=1S/C15H10FN/c16-14-6-3-5-11(9-14)13-8-12-4-1-2-7-15(12)17-10-13/h1-10H. The van der Waals surface area contributed by atoms with Crippen molar-refractivity contribution in [2.75, 3.05) is 0 Å². The lowest BCUT2D eigenvalue weighted by Crippen LogP contribution is -1.83. The highest BCUT2D eigenvalue weighted by molar-refractivity contribution is 5.83. The molecule has 1 aromatic heterocycles. The number of hydrogen-bond acceptors (Lipinski definition) is 1. The zero-order valence-corrected chi connectivity index (χ0v) is 9.10. The monoisotopic (exact) mass is 223 g/mol. The first-order valence-corrected chi connectivity index (χ1v) is 5.44. The molecule has 0 bridgehead atoms. The van der Waals surface area contributed by atoms with Crippen LogP contribution in [-0.4, -0.2) is 4.98 Å². The van der Waals surface area contributed by atoms with Gasteiger partial charge in [-0.15, -0.1) is 0 Å². The molecule has 0 saturated heterocycles. The summed E-state index contributed by atoms with van der Waals surface area (Å²) >= 11 is 0. The Morgan fingerprint density at radius 1 is 0.824 bits per heavy atom. The van der Waals surface area contributed by atoms with Crippen molar-refractivity contribution in [3.8, 4) is 11.1 Å². The van der Waals surface area contributed by atoms with Crippen LogP contribution in [0.1, 0.15) is 0 Å². The van der Waals surface area contributed by atoms with Crippen LogP contribution in [0, 0.1) is 5.82 Å². The second-order valence-electron chi connectivity index (χ2n) is 3.93. The van der Waals surface area contributed by atoms with Crippen LogP contribution < -0.4 is 0 Å². The van der Waals surface area contributed by atoms with Crippen molar-refractivity contribution >= 4 is 10.9 Å². The van der Waals surface area contributed by atoms with Crippen molar-refractivity contribution in [1.82, 2.24) is 4.98 Å². The van der Waals surface area contributed by atoms with E-state index in [-0.39, 0.29) is 5.82 Å². The number of aromatic nitrogens is 1. The van der Waals surface area contributed by atoms with E-state index in [0.29, 0.717) is 0 Å². The molecular weight excluding hydrogens is 213 g/mol. The Labute approximate surface area is 98.6 Å². The van der Waals surface area contributed by atoms with Gasteiger partial charge in [0.25, 0.3) is 0 Å². The lowest BCUT2D eigenvalue weighted by atomic mass is 10.1. The van der Waals surface area contributed by atoms with Crippen molar-refractivity contribution in [3.63, 3.8) is 0 Å². The van der Waals surface area contributed by atoms with Gasteiger partial charge in [-0.2, -0.15) is 0 Å². The van der Waals surface area contributed by atoms with E-state index in [1.807, 2.05) is 36.4 Å². The average molecular weight is 223 g/mol. The minimum absolute atomic E-state index is 0.226. The van der Waals surface area contributed by atoms with Gasteiger partial charge in [-0.1, -0.05) is 30.3 Å². The number of pyridine rings is 1. The largest absolute Gasteiger partial charge is 0.256 e. The van der Waals surface area contributed by atoms with Crippen LogP contribution in [0.3, 0.4) is 0 Å².